The monoisotopic (exact) mass is 310 g/mol. The van der Waals surface area contributed by atoms with Gasteiger partial charge in [0, 0.05) is 19.2 Å². The maximum Gasteiger partial charge on any atom is 0.334 e. The van der Waals surface area contributed by atoms with E-state index >= 15 is 0 Å². The van der Waals surface area contributed by atoms with Crippen LogP contribution in [0.3, 0.4) is 0 Å². The van der Waals surface area contributed by atoms with Crippen molar-refractivity contribution in [3.63, 3.8) is 0 Å². The summed E-state index contributed by atoms with van der Waals surface area (Å²) in [7, 11) is -0.224. The van der Waals surface area contributed by atoms with Crippen LogP contribution in [0, 0.1) is 0 Å². The molecule has 0 aliphatic carbocycles. The summed E-state index contributed by atoms with van der Waals surface area (Å²) in [5, 5.41) is 0.714. The third-order valence-electron chi connectivity index (χ3n) is 3.06. The van der Waals surface area contributed by atoms with Crippen LogP contribution < -0.4 is 0 Å². The summed E-state index contributed by atoms with van der Waals surface area (Å²) in [6, 6.07) is 15.5. The Balaban J connectivity index is 2.18. The second-order valence-corrected chi connectivity index (χ2v) is 7.04. The normalized spacial score (nSPS) is 11.6. The Bertz CT molecular complexity index is 600. The smallest absolute Gasteiger partial charge is 0.312 e. The summed E-state index contributed by atoms with van der Waals surface area (Å²) in [5.74, 6) is 0. The van der Waals surface area contributed by atoms with Crippen LogP contribution in [-0.4, -0.2) is 14.2 Å². The maximum absolute atomic E-state index is 12.1. The molecule has 0 aliphatic heterocycles. The summed E-state index contributed by atoms with van der Waals surface area (Å²) in [6.07, 6.45) is 0.265. The molecule has 0 unspecified atom stereocenters. The molecule has 0 spiro atoms. The lowest BCUT2D eigenvalue weighted by Crippen LogP contribution is -1.93. The summed E-state index contributed by atoms with van der Waals surface area (Å²) >= 11 is 5.87. The topological polar surface area (TPSA) is 35.5 Å². The molecule has 0 N–H and O–H groups in total. The van der Waals surface area contributed by atoms with E-state index in [1.54, 1.807) is 0 Å². The van der Waals surface area contributed by atoms with Crippen molar-refractivity contribution >= 4 is 19.2 Å². The van der Waals surface area contributed by atoms with Crippen molar-refractivity contribution in [2.45, 2.75) is 6.16 Å². The molecule has 2 aromatic rings. The molecule has 0 aliphatic rings. The van der Waals surface area contributed by atoms with Gasteiger partial charge in [0.15, 0.2) is 0 Å². The molecule has 20 heavy (non-hydrogen) atoms. The van der Waals surface area contributed by atoms with Crippen LogP contribution in [0.2, 0.25) is 5.02 Å². The van der Waals surface area contributed by atoms with Crippen molar-refractivity contribution in [3.8, 4) is 11.1 Å². The highest BCUT2D eigenvalue weighted by Crippen LogP contribution is 2.49. The first kappa shape index (κ1) is 15.3. The van der Waals surface area contributed by atoms with Gasteiger partial charge in [0.2, 0.25) is 0 Å². The predicted octanol–water partition coefficient (Wildman–Crippen LogP) is 4.99. The van der Waals surface area contributed by atoms with Crippen molar-refractivity contribution in [3.05, 3.63) is 59.1 Å². The molecule has 3 nitrogen and oxygen atoms in total. The van der Waals surface area contributed by atoms with Crippen LogP contribution >= 0.6 is 19.2 Å². The first-order valence-corrected chi connectivity index (χ1v) is 8.22. The first-order valence-electron chi connectivity index (χ1n) is 6.12. The van der Waals surface area contributed by atoms with Gasteiger partial charge in [-0.2, -0.15) is 0 Å². The minimum atomic E-state index is -3.01. The molecule has 0 atom stereocenters. The standard InChI is InChI=1S/C15H16ClO3P/c1-18-20(17,19-2)11-12-3-5-13(6-4-12)14-7-9-15(16)10-8-14/h3-10H,11H2,1-2H3. The van der Waals surface area contributed by atoms with Crippen molar-refractivity contribution in [2.75, 3.05) is 14.2 Å². The molecule has 0 radical (unpaired) electrons. The lowest BCUT2D eigenvalue weighted by Gasteiger charge is -2.13. The maximum atomic E-state index is 12.1. The Morgan fingerprint density at radius 3 is 1.80 bits per heavy atom. The van der Waals surface area contributed by atoms with E-state index in [2.05, 4.69) is 0 Å². The van der Waals surface area contributed by atoms with Crippen molar-refractivity contribution in [1.82, 2.24) is 0 Å². The van der Waals surface area contributed by atoms with Crippen LogP contribution in [0.25, 0.3) is 11.1 Å². The van der Waals surface area contributed by atoms with Crippen LogP contribution in [0.4, 0.5) is 0 Å². The van der Waals surface area contributed by atoms with Gasteiger partial charge < -0.3 is 9.05 Å². The van der Waals surface area contributed by atoms with Crippen LogP contribution in [0.1, 0.15) is 5.56 Å². The van der Waals surface area contributed by atoms with Gasteiger partial charge >= 0.3 is 7.60 Å². The molecule has 0 fully saturated rings. The van der Waals surface area contributed by atoms with E-state index < -0.39 is 7.60 Å². The largest absolute Gasteiger partial charge is 0.334 e. The minimum Gasteiger partial charge on any atom is -0.312 e. The number of benzene rings is 2. The van der Waals surface area contributed by atoms with Gasteiger partial charge in [-0.3, -0.25) is 4.57 Å². The molecule has 5 heteroatoms. The Morgan fingerprint density at radius 1 is 0.900 bits per heavy atom. The van der Waals surface area contributed by atoms with Crippen molar-refractivity contribution in [2.24, 2.45) is 0 Å². The summed E-state index contributed by atoms with van der Waals surface area (Å²) in [6.45, 7) is 0. The van der Waals surface area contributed by atoms with E-state index in [1.807, 2.05) is 48.5 Å². The minimum absolute atomic E-state index is 0.265. The molecule has 0 saturated carbocycles. The average Bonchev–Trinajstić information content (AvgIpc) is 2.49. The van der Waals surface area contributed by atoms with Gasteiger partial charge in [-0.25, -0.2) is 0 Å². The quantitative estimate of drug-likeness (QED) is 0.730. The molecule has 0 heterocycles. The second kappa shape index (κ2) is 6.55. The van der Waals surface area contributed by atoms with Gasteiger partial charge in [-0.1, -0.05) is 48.0 Å². The molecule has 2 rings (SSSR count). The highest BCUT2D eigenvalue weighted by Gasteiger charge is 2.21. The Hall–Kier alpha value is -1.12. The van der Waals surface area contributed by atoms with Crippen LogP contribution in [0.15, 0.2) is 48.5 Å². The fraction of sp³-hybridized carbons (Fsp3) is 0.200. The van der Waals surface area contributed by atoms with E-state index in [1.165, 1.54) is 14.2 Å². The van der Waals surface area contributed by atoms with Crippen molar-refractivity contribution < 1.29 is 13.6 Å². The molecule has 0 saturated heterocycles. The molecule has 2 aromatic carbocycles. The lowest BCUT2D eigenvalue weighted by molar-refractivity contribution is 0.275. The highest BCUT2D eigenvalue weighted by atomic mass is 35.5. The number of hydrogen-bond acceptors (Lipinski definition) is 3. The van der Waals surface area contributed by atoms with Gasteiger partial charge in [0.25, 0.3) is 0 Å². The second-order valence-electron chi connectivity index (χ2n) is 4.34. The number of rotatable bonds is 5. The molecule has 0 bridgehead atoms. The van der Waals surface area contributed by atoms with E-state index in [0.29, 0.717) is 5.02 Å². The van der Waals surface area contributed by atoms with Gasteiger partial charge in [0.1, 0.15) is 0 Å². The van der Waals surface area contributed by atoms with Crippen molar-refractivity contribution in [1.29, 1.82) is 0 Å². The Kier molecular flexibility index (Phi) is 5.00. The van der Waals surface area contributed by atoms with Gasteiger partial charge in [-0.05, 0) is 28.8 Å². The first-order chi connectivity index (χ1) is 9.56. The fourth-order valence-corrected chi connectivity index (χ4v) is 3.06. The zero-order valence-corrected chi connectivity index (χ0v) is 13.0. The number of hydrogen-bond donors (Lipinski definition) is 0. The Labute approximate surface area is 124 Å². The van der Waals surface area contributed by atoms with E-state index in [0.717, 1.165) is 16.7 Å². The molecule has 0 amide bonds. The van der Waals surface area contributed by atoms with E-state index in [9.17, 15) is 4.57 Å². The third kappa shape index (κ3) is 3.71. The SMILES string of the molecule is COP(=O)(Cc1ccc(-c2ccc(Cl)cc2)cc1)OC. The molecular weight excluding hydrogens is 295 g/mol. The average molecular weight is 311 g/mol. The third-order valence-corrected chi connectivity index (χ3v) is 5.18. The van der Waals surface area contributed by atoms with Crippen LogP contribution in [0.5, 0.6) is 0 Å². The zero-order chi connectivity index (χ0) is 14.6. The fourth-order valence-electron chi connectivity index (χ4n) is 1.87. The Morgan fingerprint density at radius 2 is 1.35 bits per heavy atom. The van der Waals surface area contributed by atoms with E-state index in [-0.39, 0.29) is 6.16 Å². The lowest BCUT2D eigenvalue weighted by atomic mass is 10.0. The number of halogens is 1. The summed E-state index contributed by atoms with van der Waals surface area (Å²) in [4.78, 5) is 0. The van der Waals surface area contributed by atoms with Gasteiger partial charge in [-0.15, -0.1) is 0 Å². The summed E-state index contributed by atoms with van der Waals surface area (Å²) < 4.78 is 21.9. The molecule has 0 aromatic heterocycles. The summed E-state index contributed by atoms with van der Waals surface area (Å²) in [5.41, 5.74) is 3.08. The van der Waals surface area contributed by atoms with Gasteiger partial charge in [0.05, 0.1) is 6.16 Å². The van der Waals surface area contributed by atoms with Crippen LogP contribution in [-0.2, 0) is 19.8 Å². The van der Waals surface area contributed by atoms with E-state index in [4.69, 9.17) is 20.6 Å². The molecule has 106 valence electrons. The highest BCUT2D eigenvalue weighted by molar-refractivity contribution is 7.52. The zero-order valence-electron chi connectivity index (χ0n) is 11.4. The molecular formula is C15H16ClO3P. The predicted molar refractivity (Wildman–Crippen MR) is 82.2 cm³/mol.